The predicted molar refractivity (Wildman–Crippen MR) is 228 cm³/mol. The second kappa shape index (κ2) is 20.5. The largest absolute Gasteiger partial charge is 0.459 e. The van der Waals surface area contributed by atoms with Crippen LogP contribution in [0.3, 0.4) is 0 Å². The minimum atomic E-state index is -1.75. The van der Waals surface area contributed by atoms with E-state index in [0.717, 1.165) is 4.88 Å². The zero-order valence-electron chi connectivity index (χ0n) is 38.3. The number of nitrogens with zero attached hydrogens (tertiary/aromatic N) is 1. The molecule has 3 aliphatic rings. The van der Waals surface area contributed by atoms with E-state index in [1.165, 1.54) is 6.92 Å². The van der Waals surface area contributed by atoms with Gasteiger partial charge in [-0.3, -0.25) is 4.79 Å². The average Bonchev–Trinajstić information content (AvgIpc) is 3.69. The highest BCUT2D eigenvalue weighted by molar-refractivity contribution is 7.09. The molecule has 6 N–H and O–H groups in total. The van der Waals surface area contributed by atoms with E-state index < -0.39 is 89.2 Å². The van der Waals surface area contributed by atoms with E-state index in [1.54, 1.807) is 32.3 Å². The van der Waals surface area contributed by atoms with Crippen LogP contribution in [0.2, 0.25) is 0 Å². The minimum Gasteiger partial charge on any atom is -0.459 e. The molecule has 342 valence electrons. The molecular weight excluding hydrogens is 779 g/mol. The quantitative estimate of drug-likeness (QED) is 0.176. The van der Waals surface area contributed by atoms with Crippen molar-refractivity contribution in [1.82, 2.24) is 15.5 Å². The SMILES string of the molecule is CC[C@H]1OC(=O)[C@H](C)[C@H](O[C@@H]2C[C@](C)(OC)[C@@](O)(CNCc3cccs3)[C@H](C)O2)[C@H](C)[C@@H](O[C@@H]2O[C@H](C)C[C@H](N(C)C)[C@H]2O)C(C)(C)C[C@@H](C)NC[C@H](C)[C@@H](O)[C@]1(C)O. The zero-order chi connectivity index (χ0) is 44.2. The second-order valence-electron chi connectivity index (χ2n) is 19.3. The normalized spacial score (nSPS) is 44.4. The first-order valence-corrected chi connectivity index (χ1v) is 22.6. The van der Waals surface area contributed by atoms with E-state index in [-0.39, 0.29) is 43.5 Å². The van der Waals surface area contributed by atoms with E-state index in [0.29, 0.717) is 25.9 Å². The van der Waals surface area contributed by atoms with E-state index in [2.05, 4.69) is 31.4 Å². The number of aliphatic hydroxyl groups excluding tert-OH is 2. The predicted octanol–water partition coefficient (Wildman–Crippen LogP) is 4.06. The Balaban J connectivity index is 1.77. The maximum absolute atomic E-state index is 14.5. The second-order valence-corrected chi connectivity index (χ2v) is 20.3. The molecule has 0 amide bonds. The number of esters is 1. The number of hydrogen-bond acceptors (Lipinski definition) is 15. The maximum atomic E-state index is 14.5. The number of carbonyl (C=O) groups excluding carboxylic acids is 1. The Hall–Kier alpha value is -1.31. The lowest BCUT2D eigenvalue weighted by molar-refractivity contribution is -0.334. The summed E-state index contributed by atoms with van der Waals surface area (Å²) in [6.07, 6.45) is -5.95. The van der Waals surface area contributed by atoms with Gasteiger partial charge < -0.3 is 64.4 Å². The molecule has 0 aromatic carbocycles. The van der Waals surface area contributed by atoms with Crippen molar-refractivity contribution >= 4 is 17.3 Å². The molecule has 0 aliphatic carbocycles. The number of rotatable bonds is 11. The summed E-state index contributed by atoms with van der Waals surface area (Å²) in [4.78, 5) is 17.6. The molecule has 4 rings (SSSR count). The first-order chi connectivity index (χ1) is 27.4. The molecule has 17 atom stereocenters. The molecule has 0 bridgehead atoms. The highest BCUT2D eigenvalue weighted by atomic mass is 32.1. The summed E-state index contributed by atoms with van der Waals surface area (Å²) in [5.41, 5.74) is -4.93. The van der Waals surface area contributed by atoms with Crippen LogP contribution in [0, 0.1) is 23.2 Å². The Bertz CT molecular complexity index is 1450. The monoisotopic (exact) mass is 858 g/mol. The molecule has 0 radical (unpaired) electrons. The third kappa shape index (κ3) is 11.5. The van der Waals surface area contributed by atoms with Gasteiger partial charge >= 0.3 is 5.97 Å². The van der Waals surface area contributed by atoms with Gasteiger partial charge in [0.15, 0.2) is 12.6 Å². The molecule has 15 heteroatoms. The van der Waals surface area contributed by atoms with Crippen LogP contribution < -0.4 is 10.6 Å². The third-order valence-electron chi connectivity index (χ3n) is 13.8. The van der Waals surface area contributed by atoms with E-state index in [4.69, 9.17) is 28.4 Å². The van der Waals surface area contributed by atoms with Gasteiger partial charge in [0, 0.05) is 56.0 Å². The van der Waals surface area contributed by atoms with Crippen LogP contribution in [0.4, 0.5) is 0 Å². The Kier molecular flexibility index (Phi) is 17.5. The van der Waals surface area contributed by atoms with Crippen molar-refractivity contribution in [2.24, 2.45) is 23.2 Å². The van der Waals surface area contributed by atoms with Crippen molar-refractivity contribution in [2.75, 3.05) is 34.3 Å². The first-order valence-electron chi connectivity index (χ1n) is 21.7. The van der Waals surface area contributed by atoms with Gasteiger partial charge in [0.25, 0.3) is 0 Å². The van der Waals surface area contributed by atoms with Crippen molar-refractivity contribution in [3.05, 3.63) is 22.4 Å². The smallest absolute Gasteiger partial charge is 0.311 e. The maximum Gasteiger partial charge on any atom is 0.311 e. The summed E-state index contributed by atoms with van der Waals surface area (Å²) >= 11 is 1.63. The Morgan fingerprint density at radius 3 is 2.29 bits per heavy atom. The van der Waals surface area contributed by atoms with Gasteiger partial charge in [-0.15, -0.1) is 11.3 Å². The summed E-state index contributed by atoms with van der Waals surface area (Å²) in [6.45, 7) is 22.0. The Labute approximate surface area is 358 Å². The number of thiophene rings is 1. The van der Waals surface area contributed by atoms with Gasteiger partial charge in [0.05, 0.1) is 36.4 Å². The summed E-state index contributed by atoms with van der Waals surface area (Å²) in [5, 5.41) is 56.2. The van der Waals surface area contributed by atoms with Crippen molar-refractivity contribution in [3.8, 4) is 0 Å². The molecule has 3 saturated heterocycles. The van der Waals surface area contributed by atoms with Crippen LogP contribution in [0.25, 0.3) is 0 Å². The van der Waals surface area contributed by atoms with Crippen LogP contribution in [0.5, 0.6) is 0 Å². The molecule has 59 heavy (non-hydrogen) atoms. The number of ether oxygens (including phenoxy) is 6. The lowest BCUT2D eigenvalue weighted by atomic mass is 9.72. The third-order valence-corrected chi connectivity index (χ3v) is 14.6. The summed E-state index contributed by atoms with van der Waals surface area (Å²) < 4.78 is 39.1. The van der Waals surface area contributed by atoms with Crippen LogP contribution in [0.15, 0.2) is 17.5 Å². The van der Waals surface area contributed by atoms with Gasteiger partial charge in [-0.1, -0.05) is 40.7 Å². The zero-order valence-corrected chi connectivity index (χ0v) is 39.1. The van der Waals surface area contributed by atoms with Crippen LogP contribution in [0.1, 0.15) is 107 Å². The summed E-state index contributed by atoms with van der Waals surface area (Å²) in [7, 11) is 5.43. The number of carbonyl (C=O) groups is 1. The average molecular weight is 858 g/mol. The lowest BCUT2D eigenvalue weighted by Gasteiger charge is -2.54. The molecule has 3 fully saturated rings. The van der Waals surface area contributed by atoms with Crippen LogP contribution in [-0.2, 0) is 39.8 Å². The standard InChI is InChI=1S/C44H79N3O11S/c1-15-33-43(11,51)37(49)25(2)22-46-26(3)20-41(8,9)38(58-40-35(48)32(47(12)13)19-27(4)54-40)28(5)36(29(6)39(50)56-33)57-34-21-42(10,53-14)44(52,30(7)55-34)24-45-23-31-17-16-18-59-31/h16-18,25-30,32-38,40,45-46,48-49,51-52H,15,19-24H2,1-14H3/t25-,26+,27+,28-,29+,30-,32-,33+,34+,35+,36+,37+,38+,40-,42-,43+,44+/m0/s1. The number of aliphatic hydroxyl groups is 4. The number of likely N-dealkylation sites (N-methyl/N-ethyl adjacent to an activating group) is 1. The van der Waals surface area contributed by atoms with Gasteiger partial charge in [-0.2, -0.15) is 0 Å². The van der Waals surface area contributed by atoms with Crippen molar-refractivity contribution in [3.63, 3.8) is 0 Å². The highest BCUT2D eigenvalue weighted by Crippen LogP contribution is 2.44. The fraction of sp³-hybridized carbons (Fsp3) is 0.886. The lowest BCUT2D eigenvalue weighted by Crippen LogP contribution is -2.70. The van der Waals surface area contributed by atoms with E-state index in [9.17, 15) is 25.2 Å². The minimum absolute atomic E-state index is 0.0636. The van der Waals surface area contributed by atoms with Crippen LogP contribution >= 0.6 is 11.3 Å². The van der Waals surface area contributed by atoms with Crippen molar-refractivity contribution < 1.29 is 53.6 Å². The fourth-order valence-electron chi connectivity index (χ4n) is 9.88. The topological polar surface area (TPSA) is 181 Å². The number of methoxy groups -OCH3 is 1. The molecular formula is C44H79N3O11S. The molecule has 4 heterocycles. The highest BCUT2D eigenvalue weighted by Gasteiger charge is 2.58. The number of hydrogen-bond donors (Lipinski definition) is 6. The van der Waals surface area contributed by atoms with Gasteiger partial charge in [-0.25, -0.2) is 0 Å². The molecule has 1 aromatic heterocycles. The van der Waals surface area contributed by atoms with E-state index >= 15 is 0 Å². The van der Waals surface area contributed by atoms with Crippen molar-refractivity contribution in [2.45, 2.75) is 193 Å². The molecule has 0 saturated carbocycles. The van der Waals surface area contributed by atoms with Gasteiger partial charge in [-0.05, 0) is 97.7 Å². The van der Waals surface area contributed by atoms with Gasteiger partial charge in [0.1, 0.15) is 29.0 Å². The molecule has 14 nitrogen and oxygen atoms in total. The van der Waals surface area contributed by atoms with Crippen LogP contribution in [-0.4, -0.2) is 150 Å². The summed E-state index contributed by atoms with van der Waals surface area (Å²) in [6, 6.07) is 3.75. The molecule has 0 unspecified atom stereocenters. The fourth-order valence-corrected chi connectivity index (χ4v) is 10.6. The Morgan fingerprint density at radius 2 is 1.69 bits per heavy atom. The van der Waals surface area contributed by atoms with E-state index in [1.807, 2.05) is 71.1 Å². The molecule has 3 aliphatic heterocycles. The Morgan fingerprint density at radius 1 is 1.02 bits per heavy atom. The number of cyclic esters (lactones) is 1. The summed E-state index contributed by atoms with van der Waals surface area (Å²) in [5.74, 6) is -2.47. The molecule has 0 spiro atoms. The number of nitrogens with one attached hydrogen (secondary N) is 2. The first kappa shape index (κ1) is 50.3. The van der Waals surface area contributed by atoms with Gasteiger partial charge in [0.2, 0.25) is 0 Å². The van der Waals surface area contributed by atoms with Crippen molar-refractivity contribution in [1.29, 1.82) is 0 Å². The molecule has 1 aromatic rings.